The van der Waals surface area contributed by atoms with E-state index in [-0.39, 0.29) is 0 Å². The minimum atomic E-state index is 0.406. The maximum atomic E-state index is 7.05. The molecule has 0 heterocycles. The summed E-state index contributed by atoms with van der Waals surface area (Å²) in [7, 11) is 0. The molecular weight excluding hydrogens is 781 g/mol. The monoisotopic (exact) mass is 849 g/mol. The van der Waals surface area contributed by atoms with Gasteiger partial charge < -0.3 is 14.2 Å². The predicted molar refractivity (Wildman–Crippen MR) is 261 cm³/mol. The Morgan fingerprint density at radius 1 is 0.469 bits per heavy atom. The summed E-state index contributed by atoms with van der Waals surface area (Å²) in [5.74, 6) is 14.9. The van der Waals surface area contributed by atoms with E-state index in [1.165, 1.54) is 56.6 Å². The number of ether oxygens (including phenoxy) is 3. The molecule has 6 aromatic carbocycles. The Bertz CT molecular complexity index is 2590. The fourth-order valence-electron chi connectivity index (χ4n) is 15.6. The first-order valence-electron chi connectivity index (χ1n) is 25.4. The fraction of sp³-hybridized carbons (Fsp3) is 0.475. The number of hydrogen-bond donors (Lipinski definition) is 0. The largest absolute Gasteiger partial charge is 0.493 e. The van der Waals surface area contributed by atoms with Crippen molar-refractivity contribution in [3.63, 3.8) is 0 Å². The summed E-state index contributed by atoms with van der Waals surface area (Å²) >= 11 is 0. The van der Waals surface area contributed by atoms with Crippen molar-refractivity contribution >= 4 is 21.5 Å². The van der Waals surface area contributed by atoms with Crippen LogP contribution in [0.3, 0.4) is 0 Å². The van der Waals surface area contributed by atoms with Crippen LogP contribution in [0.25, 0.3) is 21.5 Å². The lowest BCUT2D eigenvalue weighted by atomic mass is 9.59. The molecule has 0 saturated heterocycles. The molecule has 64 heavy (non-hydrogen) atoms. The lowest BCUT2D eigenvalue weighted by Gasteiger charge is -2.46. The molecule has 6 aromatic rings. The molecule has 3 nitrogen and oxygen atoms in total. The van der Waals surface area contributed by atoms with Gasteiger partial charge in [0.1, 0.15) is 30.0 Å². The van der Waals surface area contributed by atoms with Crippen molar-refractivity contribution in [1.82, 2.24) is 0 Å². The highest BCUT2D eigenvalue weighted by molar-refractivity contribution is 5.98. The van der Waals surface area contributed by atoms with Crippen LogP contribution in [-0.2, 0) is 6.61 Å². The lowest BCUT2D eigenvalue weighted by Crippen LogP contribution is -2.44. The molecule has 6 fully saturated rings. The van der Waals surface area contributed by atoms with E-state index in [9.17, 15) is 0 Å². The van der Waals surface area contributed by atoms with Crippen LogP contribution < -0.4 is 14.2 Å². The second-order valence-corrected chi connectivity index (χ2v) is 22.3. The third-order valence-electron chi connectivity index (χ3n) is 18.2. The number of hydrogen-bond acceptors (Lipinski definition) is 3. The topological polar surface area (TPSA) is 27.7 Å². The first-order chi connectivity index (χ1) is 31.3. The quantitative estimate of drug-likeness (QED) is 0.0761. The maximum absolute atomic E-state index is 7.05. The van der Waals surface area contributed by atoms with Crippen LogP contribution in [0.1, 0.15) is 119 Å². The molecule has 0 aromatic heterocycles. The summed E-state index contributed by atoms with van der Waals surface area (Å²) in [5.41, 5.74) is 5.39. The van der Waals surface area contributed by atoms with Crippen LogP contribution in [-0.4, -0.2) is 12.7 Å². The normalized spacial score (nSPS) is 30.8. The van der Waals surface area contributed by atoms with E-state index in [2.05, 4.69) is 155 Å². The van der Waals surface area contributed by atoms with Gasteiger partial charge >= 0.3 is 0 Å². The second-order valence-electron chi connectivity index (χ2n) is 22.3. The number of fused-ring (bicyclic) bond motifs is 18. The third-order valence-corrected chi connectivity index (χ3v) is 18.2. The van der Waals surface area contributed by atoms with E-state index < -0.39 is 0 Å². The number of rotatable bonds is 15. The highest BCUT2D eigenvalue weighted by Crippen LogP contribution is 2.76. The minimum Gasteiger partial charge on any atom is -0.493 e. The van der Waals surface area contributed by atoms with E-state index >= 15 is 0 Å². The lowest BCUT2D eigenvalue weighted by molar-refractivity contribution is -0.0135. The Labute approximate surface area is 382 Å². The Morgan fingerprint density at radius 2 is 1.05 bits per heavy atom. The van der Waals surface area contributed by atoms with Gasteiger partial charge in [0, 0.05) is 0 Å². The molecule has 6 saturated carbocycles. The van der Waals surface area contributed by atoms with Crippen LogP contribution in [0.15, 0.2) is 127 Å². The van der Waals surface area contributed by atoms with Gasteiger partial charge in [-0.15, -0.1) is 0 Å². The summed E-state index contributed by atoms with van der Waals surface area (Å²) in [6.07, 6.45) is 11.6. The van der Waals surface area contributed by atoms with E-state index in [1.54, 1.807) is 25.7 Å². The van der Waals surface area contributed by atoms with Gasteiger partial charge in [0.05, 0.1) is 6.61 Å². The van der Waals surface area contributed by atoms with Gasteiger partial charge in [-0.05, 0) is 227 Å². The first-order valence-corrected chi connectivity index (χ1v) is 25.4. The molecule has 0 N–H and O–H groups in total. The van der Waals surface area contributed by atoms with E-state index in [4.69, 9.17) is 14.2 Å². The molecule has 14 atom stereocenters. The molecule has 12 rings (SSSR count). The Hall–Kier alpha value is -4.76. The average Bonchev–Trinajstić information content (AvgIpc) is 4.19. The summed E-state index contributed by atoms with van der Waals surface area (Å²) in [6, 6.07) is 47.1. The van der Waals surface area contributed by atoms with Crippen molar-refractivity contribution in [2.45, 2.75) is 110 Å². The van der Waals surface area contributed by atoms with Crippen molar-refractivity contribution in [3.8, 4) is 17.2 Å². The summed E-state index contributed by atoms with van der Waals surface area (Å²) in [4.78, 5) is 0. The highest BCUT2D eigenvalue weighted by Gasteiger charge is 2.71. The molecule has 6 aliphatic carbocycles. The zero-order valence-corrected chi connectivity index (χ0v) is 38.6. The zero-order valence-electron chi connectivity index (χ0n) is 38.6. The van der Waals surface area contributed by atoms with Crippen molar-refractivity contribution < 1.29 is 14.2 Å². The van der Waals surface area contributed by atoms with Crippen molar-refractivity contribution in [2.24, 2.45) is 65.1 Å². The molecule has 0 spiro atoms. The zero-order chi connectivity index (χ0) is 43.1. The smallest absolute Gasteiger partial charge is 0.120 e. The molecule has 0 aliphatic heterocycles. The van der Waals surface area contributed by atoms with Crippen LogP contribution in [0, 0.1) is 65.1 Å². The Morgan fingerprint density at radius 3 is 1.73 bits per heavy atom. The van der Waals surface area contributed by atoms with Crippen molar-refractivity contribution in [3.05, 3.63) is 150 Å². The molecule has 330 valence electrons. The molecule has 0 amide bonds. The maximum Gasteiger partial charge on any atom is 0.120 e. The standard InChI is InChI=1S/C61H68O3/c1-36(2)34-62-51-20-15-41(16-21-51)38(4)26-48(25-37(3)40-11-9-39(10-12-40)35-63-53-24-19-45-27-43-7-5-6-8-44(43)28-49(45)30-53)42-17-22-52(23-18-42)64-57-32-50-31-54(57)61-56-33-55(60(50)61)58-46-13-14-47(29-46)59(56)58/h5-12,15-24,27-28,30,36-38,46-48,50,54-61H,13-14,25-26,29,31-35H2,1-4H3. The van der Waals surface area contributed by atoms with E-state index in [0.29, 0.717) is 36.4 Å². The highest BCUT2D eigenvalue weighted by atomic mass is 16.5. The van der Waals surface area contributed by atoms with Crippen LogP contribution >= 0.6 is 0 Å². The SMILES string of the molecule is CC(C)COc1ccc(C(C)CC(CC(C)c2ccc(COc3ccc4cc5ccccc5cc4c3)cc2)c2ccc(OC3CC4CC3C3C5CC(C6C7CCC(C7)C56)C43)cc2)cc1. The van der Waals surface area contributed by atoms with Gasteiger partial charge in [0.25, 0.3) is 0 Å². The molecule has 3 heteroatoms. The predicted octanol–water partition coefficient (Wildman–Crippen LogP) is 15.4. The van der Waals surface area contributed by atoms with Gasteiger partial charge in [0.15, 0.2) is 0 Å². The number of benzene rings is 6. The summed E-state index contributed by atoms with van der Waals surface area (Å²) in [6.45, 7) is 10.5. The van der Waals surface area contributed by atoms with Gasteiger partial charge in [-0.3, -0.25) is 0 Å². The first kappa shape index (κ1) is 40.7. The van der Waals surface area contributed by atoms with Crippen LogP contribution in [0.2, 0.25) is 0 Å². The van der Waals surface area contributed by atoms with E-state index in [1.807, 2.05) is 0 Å². The van der Waals surface area contributed by atoms with Crippen molar-refractivity contribution in [2.75, 3.05) is 6.61 Å². The van der Waals surface area contributed by atoms with Gasteiger partial charge in [0.2, 0.25) is 0 Å². The molecule has 6 bridgehead atoms. The van der Waals surface area contributed by atoms with Crippen molar-refractivity contribution in [1.29, 1.82) is 0 Å². The van der Waals surface area contributed by atoms with E-state index in [0.717, 1.165) is 95.9 Å². The molecule has 6 aliphatic rings. The summed E-state index contributed by atoms with van der Waals surface area (Å²) in [5, 5.41) is 4.97. The van der Waals surface area contributed by atoms with Gasteiger partial charge in [-0.25, -0.2) is 0 Å². The van der Waals surface area contributed by atoms with Gasteiger partial charge in [-0.1, -0.05) is 107 Å². The van der Waals surface area contributed by atoms with Crippen LogP contribution in [0.5, 0.6) is 17.2 Å². The fourth-order valence-corrected chi connectivity index (χ4v) is 15.6. The molecule has 0 radical (unpaired) electrons. The molecular formula is C61H68O3. The average molecular weight is 849 g/mol. The summed E-state index contributed by atoms with van der Waals surface area (Å²) < 4.78 is 19.4. The molecule has 14 unspecified atom stereocenters. The van der Waals surface area contributed by atoms with Gasteiger partial charge in [-0.2, -0.15) is 0 Å². The Kier molecular flexibility index (Phi) is 10.6. The second kappa shape index (κ2) is 16.6. The minimum absolute atomic E-state index is 0.406. The third kappa shape index (κ3) is 7.42. The Balaban J connectivity index is 0.723. The van der Waals surface area contributed by atoms with Crippen LogP contribution in [0.4, 0.5) is 0 Å².